The van der Waals surface area contributed by atoms with Gasteiger partial charge in [-0.05, 0) is 38.0 Å². The summed E-state index contributed by atoms with van der Waals surface area (Å²) in [5.74, 6) is 0.654. The maximum absolute atomic E-state index is 12.7. The van der Waals surface area contributed by atoms with Gasteiger partial charge in [-0.2, -0.15) is 0 Å². The van der Waals surface area contributed by atoms with Crippen LogP contribution in [0.1, 0.15) is 50.8 Å². The van der Waals surface area contributed by atoms with Crippen molar-refractivity contribution in [3.8, 4) is 11.5 Å². The van der Waals surface area contributed by atoms with Crippen LogP contribution in [0.2, 0.25) is 0 Å². The van der Waals surface area contributed by atoms with Crippen LogP contribution in [-0.4, -0.2) is 31.5 Å². The van der Waals surface area contributed by atoms with Crippen molar-refractivity contribution < 1.29 is 23.8 Å². The van der Waals surface area contributed by atoms with E-state index in [9.17, 15) is 9.59 Å². The predicted octanol–water partition coefficient (Wildman–Crippen LogP) is 3.83. The molecular weight excluding hydrogens is 354 g/mol. The number of anilines is 1. The Hall–Kier alpha value is -2.38. The number of fused-ring (bicyclic) bond motifs is 1. The zero-order valence-corrected chi connectivity index (χ0v) is 15.2. The van der Waals surface area contributed by atoms with E-state index in [0.717, 1.165) is 24.3 Å². The topological polar surface area (TPSA) is 73.9 Å². The largest absolute Gasteiger partial charge is 0.486 e. The van der Waals surface area contributed by atoms with Crippen LogP contribution < -0.4 is 14.8 Å². The van der Waals surface area contributed by atoms with Crippen molar-refractivity contribution in [2.45, 2.75) is 25.9 Å². The smallest absolute Gasteiger partial charge is 0.265 e. The molecule has 3 heterocycles. The molecule has 7 heteroatoms. The van der Waals surface area contributed by atoms with Gasteiger partial charge in [0.25, 0.3) is 5.91 Å². The molecule has 1 atom stereocenters. The van der Waals surface area contributed by atoms with E-state index in [1.807, 2.05) is 6.07 Å². The Kier molecular flexibility index (Phi) is 4.65. The molecular formula is C19H19NO5S. The van der Waals surface area contributed by atoms with E-state index < -0.39 is 0 Å². The summed E-state index contributed by atoms with van der Waals surface area (Å²) in [6, 6.07) is 7.00. The summed E-state index contributed by atoms with van der Waals surface area (Å²) in [6.07, 6.45) is 2.12. The second kappa shape index (κ2) is 7.09. The third-order valence-corrected chi connectivity index (χ3v) is 5.58. The molecule has 6 nitrogen and oxygen atoms in total. The van der Waals surface area contributed by atoms with Gasteiger partial charge in [0.15, 0.2) is 17.3 Å². The summed E-state index contributed by atoms with van der Waals surface area (Å²) < 4.78 is 16.7. The monoisotopic (exact) mass is 373 g/mol. The molecule has 0 bridgehead atoms. The van der Waals surface area contributed by atoms with E-state index in [1.54, 1.807) is 18.2 Å². The quantitative estimate of drug-likeness (QED) is 0.825. The third-order valence-electron chi connectivity index (χ3n) is 4.41. The lowest BCUT2D eigenvalue weighted by molar-refractivity contribution is 0.101. The first kappa shape index (κ1) is 17.1. The molecule has 2 aromatic rings. The average Bonchev–Trinajstić information content (AvgIpc) is 3.32. The Morgan fingerprint density at radius 1 is 1.12 bits per heavy atom. The zero-order chi connectivity index (χ0) is 18.1. The Morgan fingerprint density at radius 2 is 1.88 bits per heavy atom. The van der Waals surface area contributed by atoms with Crippen molar-refractivity contribution in [1.29, 1.82) is 0 Å². The molecule has 136 valence electrons. The van der Waals surface area contributed by atoms with Crippen LogP contribution in [0.4, 0.5) is 5.69 Å². The Morgan fingerprint density at radius 3 is 2.58 bits per heavy atom. The summed E-state index contributed by atoms with van der Waals surface area (Å²) in [5, 5.41) is 2.84. The lowest BCUT2D eigenvalue weighted by Gasteiger charge is -2.20. The fraction of sp³-hybridized carbons (Fsp3) is 0.368. The van der Waals surface area contributed by atoms with Crippen molar-refractivity contribution in [3.05, 3.63) is 39.6 Å². The summed E-state index contributed by atoms with van der Waals surface area (Å²) in [5.41, 5.74) is 0.831. The highest BCUT2D eigenvalue weighted by Crippen LogP contribution is 2.37. The van der Waals surface area contributed by atoms with Crippen LogP contribution in [0.5, 0.6) is 11.5 Å². The molecule has 1 saturated heterocycles. The minimum absolute atomic E-state index is 0.0867. The van der Waals surface area contributed by atoms with E-state index in [-0.39, 0.29) is 17.8 Å². The highest BCUT2D eigenvalue weighted by molar-refractivity contribution is 7.14. The van der Waals surface area contributed by atoms with E-state index >= 15 is 0 Å². The number of ketones is 1. The SMILES string of the molecule is CC(=O)c1cc2c(cc1NC(=O)c1ccc(C3CCCO3)s1)OCCO2. The van der Waals surface area contributed by atoms with Crippen molar-refractivity contribution >= 4 is 28.7 Å². The molecule has 1 aromatic heterocycles. The summed E-state index contributed by atoms with van der Waals surface area (Å²) in [6.45, 7) is 3.11. The molecule has 0 aliphatic carbocycles. The van der Waals surface area contributed by atoms with Crippen LogP contribution in [0.15, 0.2) is 24.3 Å². The van der Waals surface area contributed by atoms with E-state index in [1.165, 1.54) is 18.3 Å². The molecule has 0 radical (unpaired) electrons. The van der Waals surface area contributed by atoms with E-state index in [0.29, 0.717) is 40.8 Å². The number of Topliss-reactive ketones (excluding diaryl/α,β-unsaturated/α-hetero) is 1. The number of carbonyl (C=O) groups is 2. The molecule has 26 heavy (non-hydrogen) atoms. The number of carbonyl (C=O) groups excluding carboxylic acids is 2. The average molecular weight is 373 g/mol. The number of rotatable bonds is 4. The number of nitrogens with one attached hydrogen (secondary N) is 1. The first-order chi connectivity index (χ1) is 12.6. The summed E-state index contributed by atoms with van der Waals surface area (Å²) in [4.78, 5) is 26.3. The van der Waals surface area contributed by atoms with Crippen molar-refractivity contribution in [1.82, 2.24) is 0 Å². The number of benzene rings is 1. The van der Waals surface area contributed by atoms with Crippen molar-refractivity contribution in [3.63, 3.8) is 0 Å². The highest BCUT2D eigenvalue weighted by atomic mass is 32.1. The van der Waals surface area contributed by atoms with Gasteiger partial charge in [0.05, 0.1) is 16.7 Å². The van der Waals surface area contributed by atoms with Gasteiger partial charge in [-0.3, -0.25) is 9.59 Å². The maximum Gasteiger partial charge on any atom is 0.265 e. The van der Waals surface area contributed by atoms with Crippen LogP contribution in [0.3, 0.4) is 0 Å². The second-order valence-electron chi connectivity index (χ2n) is 6.26. The lowest BCUT2D eigenvalue weighted by atomic mass is 10.1. The molecule has 1 N–H and O–H groups in total. The van der Waals surface area contributed by atoms with Crippen LogP contribution in [0, 0.1) is 0 Å². The molecule has 1 amide bonds. The van der Waals surface area contributed by atoms with Gasteiger partial charge in [-0.25, -0.2) is 0 Å². The molecule has 2 aliphatic heterocycles. The van der Waals surface area contributed by atoms with Crippen LogP contribution in [-0.2, 0) is 4.74 Å². The van der Waals surface area contributed by atoms with Gasteiger partial charge in [0, 0.05) is 23.1 Å². The van der Waals surface area contributed by atoms with Gasteiger partial charge in [-0.1, -0.05) is 0 Å². The molecule has 1 fully saturated rings. The Labute approximate surface area is 155 Å². The van der Waals surface area contributed by atoms with Gasteiger partial charge >= 0.3 is 0 Å². The van der Waals surface area contributed by atoms with Crippen LogP contribution >= 0.6 is 11.3 Å². The van der Waals surface area contributed by atoms with Gasteiger partial charge in [0.2, 0.25) is 0 Å². The minimum atomic E-state index is -0.251. The first-order valence-electron chi connectivity index (χ1n) is 8.59. The minimum Gasteiger partial charge on any atom is -0.486 e. The number of thiophene rings is 1. The number of ether oxygens (including phenoxy) is 3. The summed E-state index contributed by atoms with van der Waals surface area (Å²) in [7, 11) is 0. The Bertz CT molecular complexity index is 854. The van der Waals surface area contributed by atoms with Gasteiger partial charge in [-0.15, -0.1) is 11.3 Å². The predicted molar refractivity (Wildman–Crippen MR) is 97.6 cm³/mol. The molecule has 2 aliphatic rings. The molecule has 0 saturated carbocycles. The van der Waals surface area contributed by atoms with Gasteiger partial charge in [0.1, 0.15) is 13.2 Å². The number of hydrogen-bond donors (Lipinski definition) is 1. The standard InChI is InChI=1S/C19H19NO5S/c1-11(21)12-9-15-16(25-8-7-24-15)10-13(12)20-19(22)18-5-4-17(26-18)14-3-2-6-23-14/h4-5,9-10,14H,2-3,6-8H2,1H3,(H,20,22). The molecule has 1 aromatic carbocycles. The van der Waals surface area contributed by atoms with Crippen LogP contribution in [0.25, 0.3) is 0 Å². The fourth-order valence-electron chi connectivity index (χ4n) is 3.12. The lowest BCUT2D eigenvalue weighted by Crippen LogP contribution is -2.18. The number of amides is 1. The van der Waals surface area contributed by atoms with E-state index in [4.69, 9.17) is 14.2 Å². The van der Waals surface area contributed by atoms with Gasteiger partial charge < -0.3 is 19.5 Å². The Balaban J connectivity index is 1.58. The molecule has 1 unspecified atom stereocenters. The molecule has 0 spiro atoms. The highest BCUT2D eigenvalue weighted by Gasteiger charge is 2.23. The normalized spacial score (nSPS) is 18.6. The summed E-state index contributed by atoms with van der Waals surface area (Å²) >= 11 is 1.42. The number of hydrogen-bond acceptors (Lipinski definition) is 6. The fourth-order valence-corrected chi connectivity index (χ4v) is 4.10. The first-order valence-corrected chi connectivity index (χ1v) is 9.41. The van der Waals surface area contributed by atoms with E-state index in [2.05, 4.69) is 5.32 Å². The molecule has 4 rings (SSSR count). The maximum atomic E-state index is 12.7. The second-order valence-corrected chi connectivity index (χ2v) is 7.37. The van der Waals surface area contributed by atoms with Crippen molar-refractivity contribution in [2.75, 3.05) is 25.1 Å². The third kappa shape index (κ3) is 3.32. The zero-order valence-electron chi connectivity index (χ0n) is 14.4. The van der Waals surface area contributed by atoms with Crippen molar-refractivity contribution in [2.24, 2.45) is 0 Å².